The highest BCUT2D eigenvalue weighted by molar-refractivity contribution is 7.71. The largest absolute Gasteiger partial charge is 0.493 e. The standard InChI is InChI=1S/C25H31FN4O3S/c1-4-32-22-12-7-18(14-23(22)31-3)15-28(2)17-30-25(34)29(16-21-6-5-13-33-21)24(27-30)19-8-10-20(26)11-9-19/h7-12,14,21H,4-6,13,15-17H2,1-3H3. The Morgan fingerprint density at radius 1 is 1.21 bits per heavy atom. The van der Waals surface area contributed by atoms with E-state index in [9.17, 15) is 4.39 Å². The fourth-order valence-electron chi connectivity index (χ4n) is 4.18. The Morgan fingerprint density at radius 3 is 2.68 bits per heavy atom. The van der Waals surface area contributed by atoms with Gasteiger partial charge in [0.05, 0.1) is 33.0 Å². The van der Waals surface area contributed by atoms with E-state index in [0.29, 0.717) is 36.9 Å². The van der Waals surface area contributed by atoms with Crippen LogP contribution in [-0.4, -0.2) is 52.7 Å². The summed E-state index contributed by atoms with van der Waals surface area (Å²) in [4.78, 5) is 2.13. The molecule has 0 amide bonds. The van der Waals surface area contributed by atoms with E-state index in [1.54, 1.807) is 19.2 Å². The van der Waals surface area contributed by atoms with E-state index < -0.39 is 0 Å². The van der Waals surface area contributed by atoms with E-state index in [1.807, 2.05) is 41.4 Å². The molecule has 4 rings (SSSR count). The molecule has 7 nitrogen and oxygen atoms in total. The van der Waals surface area contributed by atoms with Gasteiger partial charge in [-0.15, -0.1) is 0 Å². The number of nitrogens with zero attached hydrogens (tertiary/aromatic N) is 4. The quantitative estimate of drug-likeness (QED) is 0.380. The van der Waals surface area contributed by atoms with Crippen LogP contribution in [0, 0.1) is 10.6 Å². The molecule has 1 saturated heterocycles. The topological polar surface area (TPSA) is 53.7 Å². The van der Waals surface area contributed by atoms with E-state index in [0.717, 1.165) is 42.1 Å². The Hall–Kier alpha value is -2.75. The zero-order valence-electron chi connectivity index (χ0n) is 19.9. The van der Waals surface area contributed by atoms with Crippen molar-refractivity contribution in [3.8, 4) is 22.9 Å². The van der Waals surface area contributed by atoms with Crippen LogP contribution in [0.5, 0.6) is 11.5 Å². The highest BCUT2D eigenvalue weighted by atomic mass is 32.1. The van der Waals surface area contributed by atoms with Gasteiger partial charge < -0.3 is 14.2 Å². The fourth-order valence-corrected chi connectivity index (χ4v) is 4.44. The maximum Gasteiger partial charge on any atom is 0.199 e. The van der Waals surface area contributed by atoms with Gasteiger partial charge in [0.2, 0.25) is 0 Å². The summed E-state index contributed by atoms with van der Waals surface area (Å²) in [6.45, 7) is 5.11. The van der Waals surface area contributed by atoms with Crippen LogP contribution in [0.2, 0.25) is 0 Å². The Balaban J connectivity index is 1.56. The van der Waals surface area contributed by atoms with Gasteiger partial charge >= 0.3 is 0 Å². The molecule has 0 saturated carbocycles. The minimum atomic E-state index is -0.280. The van der Waals surface area contributed by atoms with Gasteiger partial charge in [-0.3, -0.25) is 9.47 Å². The second-order valence-electron chi connectivity index (χ2n) is 8.43. The predicted octanol–water partition coefficient (Wildman–Crippen LogP) is 4.90. The van der Waals surface area contributed by atoms with E-state index in [2.05, 4.69) is 4.90 Å². The van der Waals surface area contributed by atoms with Gasteiger partial charge in [0.25, 0.3) is 0 Å². The smallest absolute Gasteiger partial charge is 0.199 e. The van der Waals surface area contributed by atoms with E-state index in [-0.39, 0.29) is 11.9 Å². The summed E-state index contributed by atoms with van der Waals surface area (Å²) in [7, 11) is 3.66. The SMILES string of the molecule is CCOc1ccc(CN(C)Cn2nc(-c3ccc(F)cc3)n(CC3CCCO3)c2=S)cc1OC. The van der Waals surface area contributed by atoms with Crippen molar-refractivity contribution in [2.45, 2.75) is 45.6 Å². The molecule has 182 valence electrons. The summed E-state index contributed by atoms with van der Waals surface area (Å²) in [6, 6.07) is 12.3. The summed E-state index contributed by atoms with van der Waals surface area (Å²) >= 11 is 5.81. The van der Waals surface area contributed by atoms with Gasteiger partial charge in [0, 0.05) is 18.7 Å². The number of hydrogen-bond donors (Lipinski definition) is 0. The molecule has 1 aliphatic heterocycles. The Labute approximate surface area is 204 Å². The van der Waals surface area contributed by atoms with Crippen LogP contribution in [0.1, 0.15) is 25.3 Å². The fraction of sp³-hybridized carbons (Fsp3) is 0.440. The molecule has 1 unspecified atom stereocenters. The molecule has 0 N–H and O–H groups in total. The van der Waals surface area contributed by atoms with Crippen molar-refractivity contribution in [3.05, 3.63) is 58.6 Å². The maximum atomic E-state index is 13.5. The molecular formula is C25H31FN4O3S. The molecule has 34 heavy (non-hydrogen) atoms. The van der Waals surface area contributed by atoms with Gasteiger partial charge in [-0.2, -0.15) is 5.10 Å². The van der Waals surface area contributed by atoms with Crippen molar-refractivity contribution in [2.24, 2.45) is 0 Å². The van der Waals surface area contributed by atoms with Gasteiger partial charge in [0.15, 0.2) is 22.1 Å². The van der Waals surface area contributed by atoms with Crippen molar-refractivity contribution < 1.29 is 18.6 Å². The number of halogens is 1. The lowest BCUT2D eigenvalue weighted by atomic mass is 10.2. The third-order valence-corrected chi connectivity index (χ3v) is 6.22. The first-order chi connectivity index (χ1) is 16.5. The van der Waals surface area contributed by atoms with Gasteiger partial charge in [0.1, 0.15) is 5.82 Å². The molecule has 9 heteroatoms. The van der Waals surface area contributed by atoms with Crippen LogP contribution in [-0.2, 0) is 24.5 Å². The first-order valence-electron chi connectivity index (χ1n) is 11.5. The van der Waals surface area contributed by atoms with E-state index in [1.165, 1.54) is 12.1 Å². The van der Waals surface area contributed by atoms with E-state index >= 15 is 0 Å². The molecule has 1 atom stereocenters. The molecule has 3 aromatic rings. The van der Waals surface area contributed by atoms with Crippen molar-refractivity contribution in [3.63, 3.8) is 0 Å². The molecule has 2 heterocycles. The van der Waals surface area contributed by atoms with Crippen molar-refractivity contribution >= 4 is 12.2 Å². The molecular weight excluding hydrogens is 455 g/mol. The first-order valence-corrected chi connectivity index (χ1v) is 11.9. The minimum Gasteiger partial charge on any atom is -0.493 e. The zero-order chi connectivity index (χ0) is 24.1. The third-order valence-electron chi connectivity index (χ3n) is 5.79. The molecule has 1 aromatic heterocycles. The number of methoxy groups -OCH3 is 1. The monoisotopic (exact) mass is 486 g/mol. The average molecular weight is 487 g/mol. The number of ether oxygens (including phenoxy) is 3. The molecule has 1 aliphatic rings. The van der Waals surface area contributed by atoms with Crippen LogP contribution < -0.4 is 9.47 Å². The Kier molecular flexibility index (Phi) is 7.97. The van der Waals surface area contributed by atoms with Crippen LogP contribution >= 0.6 is 12.2 Å². The first kappa shape index (κ1) is 24.4. The normalized spacial score (nSPS) is 15.7. The number of benzene rings is 2. The van der Waals surface area contributed by atoms with Crippen LogP contribution in [0.25, 0.3) is 11.4 Å². The number of hydrogen-bond acceptors (Lipinski definition) is 6. The van der Waals surface area contributed by atoms with Crippen LogP contribution in [0.3, 0.4) is 0 Å². The molecule has 1 fully saturated rings. The zero-order valence-corrected chi connectivity index (χ0v) is 20.7. The third kappa shape index (κ3) is 5.65. The lowest BCUT2D eigenvalue weighted by molar-refractivity contribution is 0.0967. The summed E-state index contributed by atoms with van der Waals surface area (Å²) < 4.78 is 34.9. The van der Waals surface area contributed by atoms with Gasteiger partial charge in [-0.1, -0.05) is 6.07 Å². The molecule has 2 aromatic carbocycles. The lowest BCUT2D eigenvalue weighted by Crippen LogP contribution is -2.23. The Bertz CT molecular complexity index is 1160. The van der Waals surface area contributed by atoms with Gasteiger partial charge in [-0.05, 0) is 81.0 Å². The predicted molar refractivity (Wildman–Crippen MR) is 131 cm³/mol. The Morgan fingerprint density at radius 2 is 2.00 bits per heavy atom. The van der Waals surface area contributed by atoms with Gasteiger partial charge in [-0.25, -0.2) is 9.07 Å². The highest BCUT2D eigenvalue weighted by Crippen LogP contribution is 2.28. The van der Waals surface area contributed by atoms with Crippen molar-refractivity contribution in [2.75, 3.05) is 27.4 Å². The highest BCUT2D eigenvalue weighted by Gasteiger charge is 2.21. The van der Waals surface area contributed by atoms with Crippen molar-refractivity contribution in [1.29, 1.82) is 0 Å². The van der Waals surface area contributed by atoms with E-state index in [4.69, 9.17) is 31.5 Å². The molecule has 0 radical (unpaired) electrons. The van der Waals surface area contributed by atoms with Crippen molar-refractivity contribution in [1.82, 2.24) is 19.2 Å². The molecule has 0 aliphatic carbocycles. The average Bonchev–Trinajstić information content (AvgIpc) is 3.45. The van der Waals surface area contributed by atoms with Crippen LogP contribution in [0.4, 0.5) is 4.39 Å². The lowest BCUT2D eigenvalue weighted by Gasteiger charge is -2.18. The molecule has 0 bridgehead atoms. The second kappa shape index (κ2) is 11.1. The summed E-state index contributed by atoms with van der Waals surface area (Å²) in [6.07, 6.45) is 2.15. The summed E-state index contributed by atoms with van der Waals surface area (Å²) in [5.74, 6) is 1.88. The minimum absolute atomic E-state index is 0.109. The molecule has 0 spiro atoms. The second-order valence-corrected chi connectivity index (χ2v) is 8.80. The maximum absolute atomic E-state index is 13.5. The summed E-state index contributed by atoms with van der Waals surface area (Å²) in [5.41, 5.74) is 1.91. The number of rotatable bonds is 10. The van der Waals surface area contributed by atoms with Crippen LogP contribution in [0.15, 0.2) is 42.5 Å². The summed E-state index contributed by atoms with van der Waals surface area (Å²) in [5, 5.41) is 4.82. The number of aromatic nitrogens is 3.